The van der Waals surface area contributed by atoms with Gasteiger partial charge in [-0.2, -0.15) is 0 Å². The van der Waals surface area contributed by atoms with Gasteiger partial charge in [0.05, 0.1) is 18.6 Å². The van der Waals surface area contributed by atoms with Crippen LogP contribution in [0, 0.1) is 3.57 Å². The van der Waals surface area contributed by atoms with E-state index in [4.69, 9.17) is 34.8 Å². The van der Waals surface area contributed by atoms with Crippen molar-refractivity contribution >= 4 is 57.4 Å². The molecule has 0 atom stereocenters. The first-order chi connectivity index (χ1) is 4.63. The molecule has 1 aromatic rings. The summed E-state index contributed by atoms with van der Waals surface area (Å²) < 4.78 is 0.799. The second-order valence-electron chi connectivity index (χ2n) is 1.66. The van der Waals surface area contributed by atoms with E-state index in [1.165, 1.54) is 0 Å². The summed E-state index contributed by atoms with van der Waals surface area (Å²) in [5.74, 6) is 0. The zero-order chi connectivity index (χ0) is 7.72. The summed E-state index contributed by atoms with van der Waals surface area (Å²) in [5, 5.41) is 1.69. The Bertz CT molecular complexity index is 232. The fraction of sp³-hybridized carbons (Fsp3) is 0. The number of benzene rings is 1. The Hall–Kier alpha value is 0.820. The average Bonchev–Trinajstić information content (AvgIpc) is 1.93. The summed E-state index contributed by atoms with van der Waals surface area (Å²) in [4.78, 5) is 0. The Balaban J connectivity index is 3.34. The molecule has 54 valence electrons. The van der Waals surface area contributed by atoms with E-state index < -0.39 is 0 Å². The van der Waals surface area contributed by atoms with Crippen molar-refractivity contribution in [3.8, 4) is 0 Å². The zero-order valence-electron chi connectivity index (χ0n) is 4.67. The molecule has 4 heteroatoms. The van der Waals surface area contributed by atoms with Crippen LogP contribution in [-0.2, 0) is 0 Å². The largest absolute Gasteiger partial charge is 0.0831 e. The lowest BCUT2D eigenvalue weighted by atomic mass is 10.4. The van der Waals surface area contributed by atoms with E-state index in [1.807, 2.05) is 22.6 Å². The van der Waals surface area contributed by atoms with E-state index in [9.17, 15) is 0 Å². The van der Waals surface area contributed by atoms with E-state index in [2.05, 4.69) is 0 Å². The van der Waals surface area contributed by atoms with Crippen molar-refractivity contribution in [1.29, 1.82) is 0 Å². The summed E-state index contributed by atoms with van der Waals surface area (Å²) in [6.07, 6.45) is 0. The summed E-state index contributed by atoms with van der Waals surface area (Å²) in [7, 11) is 0. The Morgan fingerprint density at radius 2 is 1.50 bits per heavy atom. The van der Waals surface area contributed by atoms with Crippen LogP contribution in [0.25, 0.3) is 0 Å². The maximum Gasteiger partial charge on any atom is 0.0740 e. The quantitative estimate of drug-likeness (QED) is 0.382. The SMILES string of the molecule is Clc1ccc(Cl)c(I)c1Cl. The van der Waals surface area contributed by atoms with Crippen LogP contribution in [-0.4, -0.2) is 0 Å². The molecule has 0 bridgehead atoms. The Morgan fingerprint density at radius 3 is 2.00 bits per heavy atom. The minimum absolute atomic E-state index is 0.523. The fourth-order valence-electron chi connectivity index (χ4n) is 0.502. The van der Waals surface area contributed by atoms with Crippen molar-refractivity contribution in [2.75, 3.05) is 0 Å². The van der Waals surface area contributed by atoms with Gasteiger partial charge in [0.25, 0.3) is 0 Å². The zero-order valence-corrected chi connectivity index (χ0v) is 9.09. The van der Waals surface area contributed by atoms with E-state index in [1.54, 1.807) is 12.1 Å². The highest BCUT2D eigenvalue weighted by molar-refractivity contribution is 14.1. The molecule has 0 aliphatic heterocycles. The topological polar surface area (TPSA) is 0 Å². The summed E-state index contributed by atoms with van der Waals surface area (Å²) >= 11 is 19.2. The molecule has 0 radical (unpaired) electrons. The van der Waals surface area contributed by atoms with Gasteiger partial charge in [0.2, 0.25) is 0 Å². The molecule has 0 aliphatic rings. The molecule has 0 amide bonds. The summed E-state index contributed by atoms with van der Waals surface area (Å²) in [6, 6.07) is 3.39. The van der Waals surface area contributed by atoms with Gasteiger partial charge in [0.15, 0.2) is 0 Å². The van der Waals surface area contributed by atoms with Crippen LogP contribution in [0.5, 0.6) is 0 Å². The lowest BCUT2D eigenvalue weighted by Crippen LogP contribution is -1.76. The third-order valence-electron chi connectivity index (χ3n) is 0.988. The molecule has 0 fully saturated rings. The molecule has 1 aromatic carbocycles. The molecular weight excluding hydrogens is 305 g/mol. The molecule has 0 unspecified atom stereocenters. The predicted octanol–water partition coefficient (Wildman–Crippen LogP) is 4.25. The van der Waals surface area contributed by atoms with Gasteiger partial charge in [-0.3, -0.25) is 0 Å². The van der Waals surface area contributed by atoms with Gasteiger partial charge >= 0.3 is 0 Å². The van der Waals surface area contributed by atoms with Crippen LogP contribution in [0.3, 0.4) is 0 Å². The van der Waals surface area contributed by atoms with E-state index >= 15 is 0 Å². The van der Waals surface area contributed by atoms with Crippen molar-refractivity contribution in [2.24, 2.45) is 0 Å². The maximum atomic E-state index is 5.76. The van der Waals surface area contributed by atoms with Gasteiger partial charge in [0.1, 0.15) is 0 Å². The number of hydrogen-bond donors (Lipinski definition) is 0. The Morgan fingerprint density at radius 1 is 1.00 bits per heavy atom. The average molecular weight is 307 g/mol. The third kappa shape index (κ3) is 1.70. The van der Waals surface area contributed by atoms with Crippen LogP contribution in [0.15, 0.2) is 12.1 Å². The van der Waals surface area contributed by atoms with Crippen molar-refractivity contribution in [3.05, 3.63) is 30.8 Å². The highest BCUT2D eigenvalue weighted by atomic mass is 127. The van der Waals surface area contributed by atoms with Crippen LogP contribution >= 0.6 is 57.4 Å². The molecule has 0 saturated carbocycles. The molecular formula is C6H2Cl3I. The monoisotopic (exact) mass is 306 g/mol. The molecule has 1 rings (SSSR count). The van der Waals surface area contributed by atoms with Crippen LogP contribution in [0.2, 0.25) is 15.1 Å². The molecule has 10 heavy (non-hydrogen) atoms. The van der Waals surface area contributed by atoms with Crippen molar-refractivity contribution in [3.63, 3.8) is 0 Å². The standard InChI is InChI=1S/C6H2Cl3I/c7-3-1-2-4(8)6(10)5(3)9/h1-2H. The molecule has 0 nitrogen and oxygen atoms in total. The minimum atomic E-state index is 0.523. The van der Waals surface area contributed by atoms with Gasteiger partial charge in [-0.25, -0.2) is 0 Å². The molecule has 0 spiro atoms. The third-order valence-corrected chi connectivity index (χ3v) is 3.87. The van der Waals surface area contributed by atoms with E-state index in [-0.39, 0.29) is 0 Å². The number of rotatable bonds is 0. The molecule has 0 saturated heterocycles. The molecule has 0 aromatic heterocycles. The fourth-order valence-corrected chi connectivity index (χ4v) is 1.66. The smallest absolute Gasteiger partial charge is 0.0740 e. The number of hydrogen-bond acceptors (Lipinski definition) is 0. The van der Waals surface area contributed by atoms with E-state index in [0.29, 0.717) is 15.1 Å². The Kier molecular flexibility index (Phi) is 3.10. The lowest BCUT2D eigenvalue weighted by molar-refractivity contribution is 1.64. The van der Waals surface area contributed by atoms with Gasteiger partial charge in [0, 0.05) is 0 Å². The summed E-state index contributed by atoms with van der Waals surface area (Å²) in [6.45, 7) is 0. The second-order valence-corrected chi connectivity index (χ2v) is 3.93. The number of halogens is 4. The van der Waals surface area contributed by atoms with Gasteiger partial charge in [-0.15, -0.1) is 0 Å². The van der Waals surface area contributed by atoms with Crippen LogP contribution in [0.1, 0.15) is 0 Å². The first kappa shape index (κ1) is 8.91. The van der Waals surface area contributed by atoms with Crippen LogP contribution < -0.4 is 0 Å². The normalized spacial score (nSPS) is 10.0. The van der Waals surface area contributed by atoms with E-state index in [0.717, 1.165) is 3.57 Å². The highest BCUT2D eigenvalue weighted by Gasteiger charge is 2.04. The van der Waals surface area contributed by atoms with Gasteiger partial charge in [-0.1, -0.05) is 34.8 Å². The molecule has 0 N–H and O–H groups in total. The van der Waals surface area contributed by atoms with Gasteiger partial charge < -0.3 is 0 Å². The maximum absolute atomic E-state index is 5.76. The first-order valence-corrected chi connectivity index (χ1v) is 4.63. The molecule has 0 aliphatic carbocycles. The van der Waals surface area contributed by atoms with Crippen molar-refractivity contribution in [2.45, 2.75) is 0 Å². The molecule has 0 heterocycles. The van der Waals surface area contributed by atoms with Crippen molar-refractivity contribution < 1.29 is 0 Å². The predicted molar refractivity (Wildman–Crippen MR) is 54.2 cm³/mol. The highest BCUT2D eigenvalue weighted by Crippen LogP contribution is 2.31. The minimum Gasteiger partial charge on any atom is -0.0831 e. The first-order valence-electron chi connectivity index (χ1n) is 2.42. The second kappa shape index (κ2) is 3.48. The lowest BCUT2D eigenvalue weighted by Gasteiger charge is -1.99. The van der Waals surface area contributed by atoms with Gasteiger partial charge in [-0.05, 0) is 34.7 Å². The Labute approximate surface area is 87.6 Å². The van der Waals surface area contributed by atoms with Crippen LogP contribution in [0.4, 0.5) is 0 Å². The summed E-state index contributed by atoms with van der Waals surface area (Å²) in [5.41, 5.74) is 0. The van der Waals surface area contributed by atoms with Crippen molar-refractivity contribution in [1.82, 2.24) is 0 Å².